The minimum atomic E-state index is -0.604. The molecule has 0 fully saturated rings. The lowest BCUT2D eigenvalue weighted by Gasteiger charge is -2.26. The van der Waals surface area contributed by atoms with Crippen molar-refractivity contribution in [1.29, 1.82) is 0 Å². The molecule has 222 valence electrons. The number of aromatic nitrogens is 1. The Labute approximate surface area is 253 Å². The number of hydrazine groups is 1. The van der Waals surface area contributed by atoms with Crippen molar-refractivity contribution in [2.75, 3.05) is 27.9 Å². The minimum Gasteiger partial charge on any atom is -0.493 e. The van der Waals surface area contributed by atoms with Gasteiger partial charge in [0, 0.05) is 27.6 Å². The number of carbonyl (C=O) groups is 3. The fourth-order valence-corrected chi connectivity index (χ4v) is 5.73. The van der Waals surface area contributed by atoms with Gasteiger partial charge in [-0.15, -0.1) is 0 Å². The molecule has 44 heavy (non-hydrogen) atoms. The Bertz CT molecular complexity index is 1860. The lowest BCUT2D eigenvalue weighted by Crippen LogP contribution is -2.47. The summed E-state index contributed by atoms with van der Waals surface area (Å²) in [5.74, 6) is -0.535. The molecule has 0 bridgehead atoms. The lowest BCUT2D eigenvalue weighted by atomic mass is 9.93. The van der Waals surface area contributed by atoms with E-state index in [1.54, 1.807) is 6.07 Å². The van der Waals surface area contributed by atoms with Crippen LogP contribution in [0.1, 0.15) is 37.9 Å². The molecule has 6 rings (SSSR count). The maximum Gasteiger partial charge on any atom is 0.269 e. The van der Waals surface area contributed by atoms with Crippen LogP contribution < -0.4 is 25.1 Å². The second-order valence-electron chi connectivity index (χ2n) is 10.2. The number of hydrogen-bond donors (Lipinski definition) is 3. The maximum atomic E-state index is 13.8. The standard InChI is InChI=1S/C34H30N4O6/c1-42-26-17-21(18-27(43-2)32(26)44-3)33(40)37-36-28(39)19-38-31(22-13-7-8-14-23(22)34(38)41)29-24-15-9-10-16-25(24)35-30(29)20-11-5-4-6-12-20/h4-18,31,35H,19H2,1-3H3,(H,36,39)(H,37,40). The average Bonchev–Trinajstić information content (AvgIpc) is 3.57. The molecule has 2 heterocycles. The first kappa shape index (κ1) is 28.4. The molecule has 1 aliphatic rings. The quantitative estimate of drug-likeness (QED) is 0.222. The van der Waals surface area contributed by atoms with Gasteiger partial charge in [0.1, 0.15) is 6.54 Å². The number of rotatable bonds is 8. The summed E-state index contributed by atoms with van der Waals surface area (Å²) in [7, 11) is 4.35. The van der Waals surface area contributed by atoms with Crippen molar-refractivity contribution in [2.45, 2.75) is 6.04 Å². The summed E-state index contributed by atoms with van der Waals surface area (Å²) in [6.45, 7) is -0.304. The number of fused-ring (bicyclic) bond motifs is 2. The first-order valence-electron chi connectivity index (χ1n) is 13.9. The van der Waals surface area contributed by atoms with Crippen LogP contribution in [0.25, 0.3) is 22.2 Å². The van der Waals surface area contributed by atoms with Crippen LogP contribution in [0.3, 0.4) is 0 Å². The van der Waals surface area contributed by atoms with Gasteiger partial charge in [0.2, 0.25) is 5.75 Å². The van der Waals surface area contributed by atoms with Crippen molar-refractivity contribution in [3.05, 3.63) is 113 Å². The topological polar surface area (TPSA) is 122 Å². The summed E-state index contributed by atoms with van der Waals surface area (Å²) < 4.78 is 16.0. The van der Waals surface area contributed by atoms with E-state index in [4.69, 9.17) is 14.2 Å². The summed E-state index contributed by atoms with van der Waals surface area (Å²) in [6, 6.07) is 27.6. The van der Waals surface area contributed by atoms with E-state index in [0.29, 0.717) is 22.8 Å². The molecule has 4 aromatic carbocycles. The van der Waals surface area contributed by atoms with Crippen LogP contribution in [-0.4, -0.2) is 55.5 Å². The van der Waals surface area contributed by atoms with Crippen molar-refractivity contribution in [3.8, 4) is 28.5 Å². The van der Waals surface area contributed by atoms with E-state index in [1.165, 1.54) is 38.4 Å². The van der Waals surface area contributed by atoms with E-state index in [-0.39, 0.29) is 18.0 Å². The Morgan fingerprint density at radius 2 is 1.48 bits per heavy atom. The number of hydrogen-bond acceptors (Lipinski definition) is 6. The molecule has 1 unspecified atom stereocenters. The zero-order valence-electron chi connectivity index (χ0n) is 24.3. The molecule has 10 nitrogen and oxygen atoms in total. The molecule has 5 aromatic rings. The molecule has 1 atom stereocenters. The largest absolute Gasteiger partial charge is 0.493 e. The van der Waals surface area contributed by atoms with Gasteiger partial charge in [-0.2, -0.15) is 0 Å². The molecule has 0 radical (unpaired) electrons. The van der Waals surface area contributed by atoms with Crippen LogP contribution in [0.15, 0.2) is 91.0 Å². The monoisotopic (exact) mass is 590 g/mol. The molecular weight excluding hydrogens is 560 g/mol. The van der Waals surface area contributed by atoms with Crippen LogP contribution in [0.4, 0.5) is 0 Å². The number of benzene rings is 4. The Hall–Kier alpha value is -5.77. The first-order chi connectivity index (χ1) is 21.4. The number of H-pyrrole nitrogens is 1. The number of nitrogens with zero attached hydrogens (tertiary/aromatic N) is 1. The summed E-state index contributed by atoms with van der Waals surface area (Å²) in [6.07, 6.45) is 0. The van der Waals surface area contributed by atoms with Gasteiger partial charge >= 0.3 is 0 Å². The van der Waals surface area contributed by atoms with Gasteiger partial charge in [0.15, 0.2) is 11.5 Å². The van der Waals surface area contributed by atoms with Gasteiger partial charge in [-0.25, -0.2) is 0 Å². The summed E-state index contributed by atoms with van der Waals surface area (Å²) in [4.78, 5) is 45.2. The molecule has 1 aliphatic heterocycles. The van der Waals surface area contributed by atoms with Crippen LogP contribution in [0.5, 0.6) is 17.2 Å². The highest BCUT2D eigenvalue weighted by Crippen LogP contribution is 2.45. The van der Waals surface area contributed by atoms with Crippen LogP contribution in [0.2, 0.25) is 0 Å². The van der Waals surface area contributed by atoms with Crippen LogP contribution in [0, 0.1) is 0 Å². The van der Waals surface area contributed by atoms with E-state index in [1.807, 2.05) is 72.8 Å². The molecule has 3 N–H and O–H groups in total. The summed E-state index contributed by atoms with van der Waals surface area (Å²) >= 11 is 0. The van der Waals surface area contributed by atoms with Crippen molar-refractivity contribution >= 4 is 28.6 Å². The Balaban J connectivity index is 1.31. The second kappa shape index (κ2) is 11.8. The van der Waals surface area contributed by atoms with Crippen molar-refractivity contribution in [3.63, 3.8) is 0 Å². The molecule has 0 aliphatic carbocycles. The SMILES string of the molecule is COc1cc(C(=O)NNC(=O)CN2C(=O)c3ccccc3C2c2c(-c3ccccc3)[nH]c3ccccc23)cc(OC)c1OC. The molecular formula is C34H30N4O6. The number of aromatic amines is 1. The van der Waals surface area contributed by atoms with E-state index < -0.39 is 17.9 Å². The number of methoxy groups -OCH3 is 3. The van der Waals surface area contributed by atoms with E-state index in [9.17, 15) is 14.4 Å². The second-order valence-corrected chi connectivity index (χ2v) is 10.2. The molecule has 0 spiro atoms. The van der Waals surface area contributed by atoms with E-state index >= 15 is 0 Å². The number of ether oxygens (including phenoxy) is 3. The highest BCUT2D eigenvalue weighted by Gasteiger charge is 2.41. The minimum absolute atomic E-state index is 0.175. The van der Waals surface area contributed by atoms with Gasteiger partial charge in [-0.3, -0.25) is 25.2 Å². The van der Waals surface area contributed by atoms with Gasteiger partial charge in [-0.05, 0) is 35.4 Å². The highest BCUT2D eigenvalue weighted by molar-refractivity contribution is 6.04. The predicted molar refractivity (Wildman–Crippen MR) is 165 cm³/mol. The first-order valence-corrected chi connectivity index (χ1v) is 13.9. The van der Waals surface area contributed by atoms with E-state index in [0.717, 1.165) is 33.3 Å². The summed E-state index contributed by atoms with van der Waals surface area (Å²) in [5, 5.41) is 0.946. The normalized spacial score (nSPS) is 13.8. The zero-order valence-corrected chi connectivity index (χ0v) is 24.3. The third kappa shape index (κ3) is 4.96. The van der Waals surface area contributed by atoms with Gasteiger partial charge in [0.25, 0.3) is 17.7 Å². The maximum absolute atomic E-state index is 13.8. The number of carbonyl (C=O) groups excluding carboxylic acids is 3. The lowest BCUT2D eigenvalue weighted by molar-refractivity contribution is -0.122. The van der Waals surface area contributed by atoms with Gasteiger partial charge in [0.05, 0.1) is 33.1 Å². The Morgan fingerprint density at radius 1 is 0.818 bits per heavy atom. The van der Waals surface area contributed by atoms with Crippen molar-refractivity contribution in [1.82, 2.24) is 20.7 Å². The number of nitrogens with one attached hydrogen (secondary N) is 3. The zero-order chi connectivity index (χ0) is 30.8. The molecule has 3 amide bonds. The molecule has 1 aromatic heterocycles. The van der Waals surface area contributed by atoms with Crippen LogP contribution in [-0.2, 0) is 4.79 Å². The number of amides is 3. The van der Waals surface area contributed by atoms with Gasteiger partial charge < -0.3 is 24.1 Å². The predicted octanol–water partition coefficient (Wildman–Crippen LogP) is 4.87. The van der Waals surface area contributed by atoms with Crippen molar-refractivity contribution in [2.24, 2.45) is 0 Å². The number of para-hydroxylation sites is 1. The Morgan fingerprint density at radius 3 is 2.18 bits per heavy atom. The van der Waals surface area contributed by atoms with Gasteiger partial charge in [-0.1, -0.05) is 66.7 Å². The average molecular weight is 591 g/mol. The summed E-state index contributed by atoms with van der Waals surface area (Å²) in [5.41, 5.74) is 10.0. The van der Waals surface area contributed by atoms with Crippen LogP contribution >= 0.6 is 0 Å². The highest BCUT2D eigenvalue weighted by atomic mass is 16.5. The third-order valence-corrected chi connectivity index (χ3v) is 7.70. The fourth-order valence-electron chi connectivity index (χ4n) is 5.73. The third-order valence-electron chi connectivity index (χ3n) is 7.70. The van der Waals surface area contributed by atoms with E-state index in [2.05, 4.69) is 15.8 Å². The molecule has 10 heteroatoms. The Kier molecular flexibility index (Phi) is 7.63. The smallest absolute Gasteiger partial charge is 0.269 e. The molecule has 0 saturated carbocycles. The molecule has 0 saturated heterocycles. The van der Waals surface area contributed by atoms with Crippen molar-refractivity contribution < 1.29 is 28.6 Å². The fraction of sp³-hybridized carbons (Fsp3) is 0.147.